The second kappa shape index (κ2) is 3.61. The van der Waals surface area contributed by atoms with Gasteiger partial charge in [0.2, 0.25) is 0 Å². The van der Waals surface area contributed by atoms with Crippen molar-refractivity contribution in [3.8, 4) is 0 Å². The average Bonchev–Trinajstić information content (AvgIpc) is 2.70. The predicted molar refractivity (Wildman–Crippen MR) is 65.9 cm³/mol. The lowest BCUT2D eigenvalue weighted by Crippen LogP contribution is -2.55. The van der Waals surface area contributed by atoms with E-state index in [1.165, 1.54) is 0 Å². The Morgan fingerprint density at radius 1 is 1.22 bits per heavy atom. The highest BCUT2D eigenvalue weighted by Crippen LogP contribution is 2.44. The normalized spacial score (nSPS) is 30.2. The van der Waals surface area contributed by atoms with E-state index in [0.29, 0.717) is 23.6 Å². The van der Waals surface area contributed by atoms with Crippen LogP contribution in [-0.2, 0) is 9.84 Å². The minimum Gasteiger partial charge on any atom is -0.383 e. The summed E-state index contributed by atoms with van der Waals surface area (Å²) < 4.78 is 24.6. The lowest BCUT2D eigenvalue weighted by Gasteiger charge is -2.40. The van der Waals surface area contributed by atoms with Gasteiger partial charge >= 0.3 is 0 Å². The van der Waals surface area contributed by atoms with E-state index < -0.39 is 20.6 Å². The molecule has 2 aliphatic rings. The Hall–Kier alpha value is -1.76. The van der Waals surface area contributed by atoms with Crippen LogP contribution in [0.25, 0.3) is 0 Å². The summed E-state index contributed by atoms with van der Waals surface area (Å²) >= 11 is 0. The molecule has 1 aliphatic heterocycles. The maximum absolute atomic E-state index is 12.3. The molecule has 0 radical (unpaired) electrons. The molecular weight excluding hydrogens is 252 g/mol. The second-order valence-electron chi connectivity index (χ2n) is 4.59. The van der Waals surface area contributed by atoms with Gasteiger partial charge in [-0.15, -0.1) is 5.10 Å². The van der Waals surface area contributed by atoms with E-state index in [9.17, 15) is 8.42 Å². The van der Waals surface area contributed by atoms with Gasteiger partial charge in [-0.1, -0.05) is 18.2 Å². The van der Waals surface area contributed by atoms with E-state index in [1.54, 1.807) is 30.3 Å². The van der Waals surface area contributed by atoms with Gasteiger partial charge in [0.25, 0.3) is 0 Å². The van der Waals surface area contributed by atoms with Crippen LogP contribution >= 0.6 is 0 Å². The van der Waals surface area contributed by atoms with Crippen LogP contribution in [-0.4, -0.2) is 25.0 Å². The molecule has 0 bridgehead atoms. The van der Waals surface area contributed by atoms with Crippen molar-refractivity contribution in [2.75, 3.05) is 0 Å². The molecule has 1 fully saturated rings. The molecule has 2 N–H and O–H groups in total. The van der Waals surface area contributed by atoms with E-state index in [-0.39, 0.29) is 0 Å². The maximum Gasteiger partial charge on any atom is 0.181 e. The zero-order valence-corrected chi connectivity index (χ0v) is 10.3. The zero-order chi connectivity index (χ0) is 12.8. The molecule has 0 atom stereocenters. The molecule has 1 saturated carbocycles. The first kappa shape index (κ1) is 11.3. The summed E-state index contributed by atoms with van der Waals surface area (Å²) in [4.78, 5) is 0.343. The number of amidine groups is 1. The van der Waals surface area contributed by atoms with Crippen molar-refractivity contribution in [3.63, 3.8) is 0 Å². The van der Waals surface area contributed by atoms with Crippen molar-refractivity contribution < 1.29 is 8.42 Å². The quantitative estimate of drug-likeness (QED) is 0.866. The highest BCUT2D eigenvalue weighted by molar-refractivity contribution is 7.92. The Bertz CT molecular complexity index is 630. The molecular formula is C11H12N4O2S. The molecule has 1 aromatic rings. The summed E-state index contributed by atoms with van der Waals surface area (Å²) in [5, 5.41) is 10.7. The Balaban J connectivity index is 1.84. The number of nitrogens with zero attached hydrogens (tertiary/aromatic N) is 3. The molecule has 0 amide bonds. The summed E-state index contributed by atoms with van der Waals surface area (Å²) in [5.74, 6) is 0.321. The Morgan fingerprint density at radius 3 is 2.44 bits per heavy atom. The van der Waals surface area contributed by atoms with Crippen molar-refractivity contribution >= 4 is 15.7 Å². The van der Waals surface area contributed by atoms with Crippen molar-refractivity contribution in [2.45, 2.75) is 28.5 Å². The van der Waals surface area contributed by atoms with Gasteiger partial charge < -0.3 is 5.73 Å². The first-order valence-corrected chi connectivity index (χ1v) is 7.14. The molecule has 0 unspecified atom stereocenters. The lowest BCUT2D eigenvalue weighted by atomic mass is 9.76. The fraction of sp³-hybridized carbons (Fsp3) is 0.364. The van der Waals surface area contributed by atoms with Gasteiger partial charge in [0.05, 0.1) is 10.1 Å². The second-order valence-corrected chi connectivity index (χ2v) is 6.82. The fourth-order valence-corrected chi connectivity index (χ4v) is 4.22. The SMILES string of the molecule is NC1=NN=NC12CC(S(=O)(=O)c1ccccc1)C2. The molecule has 6 nitrogen and oxygen atoms in total. The summed E-state index contributed by atoms with van der Waals surface area (Å²) in [6.45, 7) is 0. The number of nitrogens with two attached hydrogens (primary N) is 1. The van der Waals surface area contributed by atoms with Gasteiger partial charge in [-0.25, -0.2) is 8.42 Å². The summed E-state index contributed by atoms with van der Waals surface area (Å²) in [6.07, 6.45) is 0.728. The minimum absolute atomic E-state index is 0.321. The number of hydrogen-bond donors (Lipinski definition) is 1. The molecule has 1 spiro atoms. The Morgan fingerprint density at radius 2 is 1.89 bits per heavy atom. The first-order chi connectivity index (χ1) is 8.55. The van der Waals surface area contributed by atoms with Crippen molar-refractivity contribution in [2.24, 2.45) is 21.2 Å². The molecule has 1 aromatic carbocycles. The fourth-order valence-electron chi connectivity index (χ4n) is 2.31. The van der Waals surface area contributed by atoms with Crippen LogP contribution in [0.2, 0.25) is 0 Å². The van der Waals surface area contributed by atoms with E-state index >= 15 is 0 Å². The molecule has 1 aliphatic carbocycles. The number of sulfone groups is 1. The van der Waals surface area contributed by atoms with Crippen LogP contribution < -0.4 is 5.73 Å². The third-order valence-corrected chi connectivity index (χ3v) is 5.65. The third-order valence-electron chi connectivity index (χ3n) is 3.51. The largest absolute Gasteiger partial charge is 0.383 e. The Labute approximate surface area is 105 Å². The first-order valence-electron chi connectivity index (χ1n) is 5.59. The van der Waals surface area contributed by atoms with Gasteiger partial charge in [0.15, 0.2) is 15.7 Å². The minimum atomic E-state index is -3.30. The van der Waals surface area contributed by atoms with E-state index in [2.05, 4.69) is 15.4 Å². The van der Waals surface area contributed by atoms with Crippen LogP contribution in [0.1, 0.15) is 12.8 Å². The Kier molecular flexibility index (Phi) is 2.28. The van der Waals surface area contributed by atoms with Gasteiger partial charge in [0, 0.05) is 0 Å². The average molecular weight is 264 g/mol. The topological polar surface area (TPSA) is 97.2 Å². The van der Waals surface area contributed by atoms with E-state index in [1.807, 2.05) is 0 Å². The molecule has 0 saturated heterocycles. The van der Waals surface area contributed by atoms with Gasteiger partial charge in [-0.2, -0.15) is 5.11 Å². The summed E-state index contributed by atoms with van der Waals surface area (Å²) in [6, 6.07) is 8.43. The standard InChI is InChI=1S/C11H12N4O2S/c12-10-11(14-15-13-10)6-9(7-11)18(16,17)8-4-2-1-3-5-8/h1-5,9H,6-7H2,(H2,12,13,14). The van der Waals surface area contributed by atoms with Crippen LogP contribution in [0.5, 0.6) is 0 Å². The van der Waals surface area contributed by atoms with Gasteiger partial charge in [-0.05, 0) is 30.2 Å². The molecule has 3 rings (SSSR count). The van der Waals surface area contributed by atoms with E-state index in [4.69, 9.17) is 5.73 Å². The summed E-state index contributed by atoms with van der Waals surface area (Å²) in [5.41, 5.74) is 5.03. The molecule has 18 heavy (non-hydrogen) atoms. The number of benzene rings is 1. The van der Waals surface area contributed by atoms with Crippen LogP contribution in [0.3, 0.4) is 0 Å². The van der Waals surface area contributed by atoms with Crippen molar-refractivity contribution in [3.05, 3.63) is 30.3 Å². The highest BCUT2D eigenvalue weighted by atomic mass is 32.2. The molecule has 1 heterocycles. The number of rotatable bonds is 2. The zero-order valence-electron chi connectivity index (χ0n) is 9.52. The van der Waals surface area contributed by atoms with Crippen molar-refractivity contribution in [1.29, 1.82) is 0 Å². The van der Waals surface area contributed by atoms with Crippen LogP contribution in [0.15, 0.2) is 50.7 Å². The summed E-state index contributed by atoms with van der Waals surface area (Å²) in [7, 11) is -3.30. The molecule has 7 heteroatoms. The van der Waals surface area contributed by atoms with E-state index in [0.717, 1.165) is 0 Å². The highest BCUT2D eigenvalue weighted by Gasteiger charge is 2.55. The smallest absolute Gasteiger partial charge is 0.181 e. The van der Waals surface area contributed by atoms with Gasteiger partial charge in [-0.3, -0.25) is 0 Å². The monoisotopic (exact) mass is 264 g/mol. The maximum atomic E-state index is 12.3. The number of hydrogen-bond acceptors (Lipinski definition) is 6. The molecule has 0 aromatic heterocycles. The lowest BCUT2D eigenvalue weighted by molar-refractivity contribution is 0.338. The molecule has 94 valence electrons. The van der Waals surface area contributed by atoms with Crippen molar-refractivity contribution in [1.82, 2.24) is 0 Å². The predicted octanol–water partition coefficient (Wildman–Crippen LogP) is 1.10. The third kappa shape index (κ3) is 1.47. The van der Waals surface area contributed by atoms with Crippen LogP contribution in [0.4, 0.5) is 0 Å². The van der Waals surface area contributed by atoms with Gasteiger partial charge in [0.1, 0.15) is 5.54 Å². The van der Waals surface area contributed by atoms with Crippen LogP contribution in [0, 0.1) is 0 Å².